The van der Waals surface area contributed by atoms with Crippen LogP contribution in [0.3, 0.4) is 0 Å². The number of benzene rings is 3. The molecule has 9 heteroatoms. The molecule has 1 atom stereocenters. The predicted octanol–water partition coefficient (Wildman–Crippen LogP) is 3.94. The standard InChI is InChI=1S/C28H25FN2O6/c1-36-27(34)24(14-15-25(32)31-26(33)17-10-12-18(29)13-11-17)30-28(35)37-16-23-21-8-4-2-6-19(21)20-7-3-5-9-22(20)23/h2-13,23-24H,14-16H2,1H3,(H,30,35)(H,31,32,33)/t24-/m0/s1. The lowest BCUT2D eigenvalue weighted by Gasteiger charge is -2.18. The number of fused-ring (bicyclic) bond motifs is 3. The molecule has 190 valence electrons. The van der Waals surface area contributed by atoms with Gasteiger partial charge >= 0.3 is 12.1 Å². The third-order valence-electron chi connectivity index (χ3n) is 6.14. The van der Waals surface area contributed by atoms with Gasteiger partial charge < -0.3 is 14.8 Å². The van der Waals surface area contributed by atoms with E-state index in [1.807, 2.05) is 48.5 Å². The number of carbonyl (C=O) groups excluding carboxylic acids is 4. The van der Waals surface area contributed by atoms with Gasteiger partial charge in [0.15, 0.2) is 0 Å². The molecule has 1 aliphatic rings. The average molecular weight is 505 g/mol. The second-order valence-corrected chi connectivity index (χ2v) is 8.47. The quantitative estimate of drug-likeness (QED) is 0.450. The summed E-state index contributed by atoms with van der Waals surface area (Å²) in [5, 5.41) is 4.61. The van der Waals surface area contributed by atoms with Crippen molar-refractivity contribution in [1.29, 1.82) is 0 Å². The largest absolute Gasteiger partial charge is 0.467 e. The molecular formula is C28H25FN2O6. The first-order chi connectivity index (χ1) is 17.9. The summed E-state index contributed by atoms with van der Waals surface area (Å²) in [7, 11) is 1.16. The van der Waals surface area contributed by atoms with Crippen LogP contribution in [0.25, 0.3) is 11.1 Å². The Balaban J connectivity index is 1.32. The molecule has 0 fully saturated rings. The van der Waals surface area contributed by atoms with Crippen molar-refractivity contribution in [2.45, 2.75) is 24.8 Å². The minimum atomic E-state index is -1.16. The van der Waals surface area contributed by atoms with Crippen LogP contribution in [0.15, 0.2) is 72.8 Å². The molecule has 4 rings (SSSR count). The summed E-state index contributed by atoms with van der Waals surface area (Å²) in [6, 6.07) is 19.3. The topological polar surface area (TPSA) is 111 Å². The van der Waals surface area contributed by atoms with Gasteiger partial charge in [0.1, 0.15) is 18.5 Å². The smallest absolute Gasteiger partial charge is 0.407 e. The number of carbonyl (C=O) groups is 4. The monoisotopic (exact) mass is 504 g/mol. The fraction of sp³-hybridized carbons (Fsp3) is 0.214. The minimum Gasteiger partial charge on any atom is -0.467 e. The first kappa shape index (κ1) is 25.6. The number of hydrogen-bond acceptors (Lipinski definition) is 6. The Morgan fingerprint density at radius 1 is 0.892 bits per heavy atom. The zero-order valence-corrected chi connectivity index (χ0v) is 20.0. The molecule has 37 heavy (non-hydrogen) atoms. The maximum atomic E-state index is 13.0. The van der Waals surface area contributed by atoms with Crippen LogP contribution in [0.4, 0.5) is 9.18 Å². The zero-order valence-electron chi connectivity index (χ0n) is 20.0. The van der Waals surface area contributed by atoms with Crippen LogP contribution in [0.1, 0.15) is 40.2 Å². The molecular weight excluding hydrogens is 479 g/mol. The van der Waals surface area contributed by atoms with Gasteiger partial charge in [0.25, 0.3) is 5.91 Å². The highest BCUT2D eigenvalue weighted by atomic mass is 19.1. The van der Waals surface area contributed by atoms with E-state index in [4.69, 9.17) is 9.47 Å². The number of halogens is 1. The maximum absolute atomic E-state index is 13.0. The first-order valence-electron chi connectivity index (χ1n) is 11.7. The predicted molar refractivity (Wildman–Crippen MR) is 132 cm³/mol. The second kappa shape index (κ2) is 11.5. The molecule has 0 spiro atoms. The van der Waals surface area contributed by atoms with Gasteiger partial charge in [-0.25, -0.2) is 14.0 Å². The SMILES string of the molecule is COC(=O)[C@H](CCC(=O)NC(=O)c1ccc(F)cc1)NC(=O)OCC1c2ccccc2-c2ccccc21. The van der Waals surface area contributed by atoms with Crippen molar-refractivity contribution in [2.75, 3.05) is 13.7 Å². The number of esters is 1. The number of imide groups is 1. The van der Waals surface area contributed by atoms with Gasteiger partial charge in [0.05, 0.1) is 7.11 Å². The van der Waals surface area contributed by atoms with E-state index in [0.717, 1.165) is 41.5 Å². The number of rotatable bonds is 8. The first-order valence-corrected chi connectivity index (χ1v) is 11.7. The van der Waals surface area contributed by atoms with Crippen molar-refractivity contribution in [3.63, 3.8) is 0 Å². The molecule has 8 nitrogen and oxygen atoms in total. The van der Waals surface area contributed by atoms with E-state index in [0.29, 0.717) is 0 Å². The van der Waals surface area contributed by atoms with Crippen molar-refractivity contribution >= 4 is 23.9 Å². The highest BCUT2D eigenvalue weighted by Crippen LogP contribution is 2.44. The summed E-state index contributed by atoms with van der Waals surface area (Å²) in [4.78, 5) is 49.1. The Morgan fingerprint density at radius 2 is 1.49 bits per heavy atom. The molecule has 0 unspecified atom stereocenters. The maximum Gasteiger partial charge on any atom is 0.407 e. The van der Waals surface area contributed by atoms with E-state index in [1.165, 1.54) is 12.1 Å². The van der Waals surface area contributed by atoms with Gasteiger partial charge in [-0.1, -0.05) is 48.5 Å². The lowest BCUT2D eigenvalue weighted by atomic mass is 9.98. The number of amides is 3. The summed E-state index contributed by atoms with van der Waals surface area (Å²) in [5.74, 6) is -2.80. The average Bonchev–Trinajstić information content (AvgIpc) is 3.23. The highest BCUT2D eigenvalue weighted by Gasteiger charge is 2.30. The molecule has 2 N–H and O–H groups in total. The zero-order chi connectivity index (χ0) is 26.4. The molecule has 3 amide bonds. The molecule has 3 aromatic rings. The second-order valence-electron chi connectivity index (χ2n) is 8.47. The molecule has 0 saturated carbocycles. The number of methoxy groups -OCH3 is 1. The number of alkyl carbamates (subject to hydrolysis) is 1. The summed E-state index contributed by atoms with van der Waals surface area (Å²) in [6.07, 6.45) is -1.21. The van der Waals surface area contributed by atoms with Gasteiger partial charge in [-0.15, -0.1) is 0 Å². The van der Waals surface area contributed by atoms with E-state index < -0.39 is 35.7 Å². The Morgan fingerprint density at radius 3 is 2.08 bits per heavy atom. The van der Waals surface area contributed by atoms with E-state index in [9.17, 15) is 23.6 Å². The lowest BCUT2D eigenvalue weighted by Crippen LogP contribution is -2.43. The number of hydrogen-bond donors (Lipinski definition) is 2. The van der Waals surface area contributed by atoms with Crippen LogP contribution in [-0.2, 0) is 19.1 Å². The number of ether oxygens (including phenoxy) is 2. The van der Waals surface area contributed by atoms with Crippen molar-refractivity contribution in [3.8, 4) is 11.1 Å². The molecule has 0 saturated heterocycles. The van der Waals surface area contributed by atoms with E-state index >= 15 is 0 Å². The van der Waals surface area contributed by atoms with Crippen molar-refractivity contribution in [1.82, 2.24) is 10.6 Å². The van der Waals surface area contributed by atoms with Crippen molar-refractivity contribution < 1.29 is 33.0 Å². The molecule has 3 aromatic carbocycles. The van der Waals surface area contributed by atoms with Crippen LogP contribution in [0.5, 0.6) is 0 Å². The number of nitrogens with one attached hydrogen (secondary N) is 2. The third-order valence-corrected chi connectivity index (χ3v) is 6.14. The fourth-order valence-electron chi connectivity index (χ4n) is 4.31. The van der Waals surface area contributed by atoms with E-state index in [-0.39, 0.29) is 30.9 Å². The third kappa shape index (κ3) is 6.00. The molecule has 0 heterocycles. The van der Waals surface area contributed by atoms with Gasteiger partial charge in [-0.2, -0.15) is 0 Å². The Hall–Kier alpha value is -4.53. The molecule has 1 aliphatic carbocycles. The van der Waals surface area contributed by atoms with Crippen molar-refractivity contribution in [2.24, 2.45) is 0 Å². The van der Waals surface area contributed by atoms with Crippen LogP contribution >= 0.6 is 0 Å². The highest BCUT2D eigenvalue weighted by molar-refractivity contribution is 6.04. The van der Waals surface area contributed by atoms with Gasteiger partial charge in [-0.3, -0.25) is 14.9 Å². The Bertz CT molecular complexity index is 1280. The van der Waals surface area contributed by atoms with Crippen LogP contribution in [0.2, 0.25) is 0 Å². The minimum absolute atomic E-state index is 0.0560. The summed E-state index contributed by atoms with van der Waals surface area (Å²) in [6.45, 7) is 0.0560. The normalized spacial score (nSPS) is 12.6. The lowest BCUT2D eigenvalue weighted by molar-refractivity contribution is -0.143. The van der Waals surface area contributed by atoms with E-state index in [2.05, 4.69) is 10.6 Å². The molecule has 0 radical (unpaired) electrons. The summed E-state index contributed by atoms with van der Waals surface area (Å²) >= 11 is 0. The molecule has 0 bridgehead atoms. The summed E-state index contributed by atoms with van der Waals surface area (Å²) < 4.78 is 23.2. The van der Waals surface area contributed by atoms with Gasteiger partial charge in [-0.05, 0) is 52.9 Å². The van der Waals surface area contributed by atoms with Crippen LogP contribution < -0.4 is 10.6 Å². The van der Waals surface area contributed by atoms with Crippen molar-refractivity contribution in [3.05, 3.63) is 95.3 Å². The molecule has 0 aromatic heterocycles. The van der Waals surface area contributed by atoms with Gasteiger partial charge in [0.2, 0.25) is 5.91 Å². The van der Waals surface area contributed by atoms with E-state index in [1.54, 1.807) is 0 Å². The Labute approximate surface area is 212 Å². The van der Waals surface area contributed by atoms with Crippen LogP contribution in [0, 0.1) is 5.82 Å². The van der Waals surface area contributed by atoms with Gasteiger partial charge in [0, 0.05) is 17.9 Å². The summed E-state index contributed by atoms with van der Waals surface area (Å²) in [5.41, 5.74) is 4.37. The fourth-order valence-corrected chi connectivity index (χ4v) is 4.31. The molecule has 0 aliphatic heterocycles. The van der Waals surface area contributed by atoms with Crippen LogP contribution in [-0.4, -0.2) is 43.6 Å². The Kier molecular flexibility index (Phi) is 7.92.